The quantitative estimate of drug-likeness (QED) is 0.210. The van der Waals surface area contributed by atoms with E-state index in [1.807, 2.05) is 18.7 Å². The zero-order valence-corrected chi connectivity index (χ0v) is 22.7. The molecule has 0 radical (unpaired) electrons. The van der Waals surface area contributed by atoms with Crippen LogP contribution in [0.2, 0.25) is 0 Å². The van der Waals surface area contributed by atoms with Crippen LogP contribution < -0.4 is 5.32 Å². The van der Waals surface area contributed by atoms with Crippen LogP contribution in [-0.2, 0) is 23.9 Å². The number of ether oxygens (including phenoxy) is 1. The molecule has 13 heteroatoms. The van der Waals surface area contributed by atoms with Gasteiger partial charge >= 0.3 is 17.9 Å². The number of carboxylic acids is 3. The van der Waals surface area contributed by atoms with Gasteiger partial charge in [0.1, 0.15) is 0 Å². The molecule has 216 valence electrons. The van der Waals surface area contributed by atoms with Crippen LogP contribution in [0.4, 0.5) is 0 Å². The number of aliphatic carboxylic acids is 3. The Morgan fingerprint density at radius 2 is 1.00 bits per heavy atom. The molecule has 0 aromatic carbocycles. The molecule has 1 aliphatic heterocycles. The standard InChI is InChI=1S/C22H41N5O8.C2H6/c1-2-3-13-35-14-4-23-19(28)15-24-5-7-25(16-20(29)30)9-11-27(18-22(33)34)12-10-26(8-6-24)17-21(31)32;1-2/h2-18H2,1H3,(H,23,28)(H,29,30)(H,31,32)(H,33,34);1-2H3. The summed E-state index contributed by atoms with van der Waals surface area (Å²) >= 11 is 0. The van der Waals surface area contributed by atoms with Crippen LogP contribution in [0, 0.1) is 0 Å². The number of carboxylic acid groups (broad SMARTS) is 3. The smallest absolute Gasteiger partial charge is 0.317 e. The minimum absolute atomic E-state index is 0.0991. The van der Waals surface area contributed by atoms with E-state index in [0.717, 1.165) is 12.8 Å². The van der Waals surface area contributed by atoms with Crippen LogP contribution >= 0.6 is 0 Å². The van der Waals surface area contributed by atoms with Gasteiger partial charge in [0.15, 0.2) is 0 Å². The molecule has 0 spiro atoms. The van der Waals surface area contributed by atoms with E-state index in [-0.39, 0.29) is 32.1 Å². The number of carbonyl (C=O) groups excluding carboxylic acids is 1. The third-order valence-corrected chi connectivity index (χ3v) is 5.58. The Kier molecular flexibility index (Phi) is 20.4. The van der Waals surface area contributed by atoms with Gasteiger partial charge in [-0.2, -0.15) is 0 Å². The number of carbonyl (C=O) groups is 4. The monoisotopic (exact) mass is 533 g/mol. The molecule has 1 aliphatic rings. The molecule has 1 amide bonds. The third-order valence-electron chi connectivity index (χ3n) is 5.58. The first kappa shape index (κ1) is 34.7. The average molecular weight is 534 g/mol. The topological polar surface area (TPSA) is 163 Å². The van der Waals surface area contributed by atoms with Crippen LogP contribution in [0.1, 0.15) is 33.6 Å². The summed E-state index contributed by atoms with van der Waals surface area (Å²) in [4.78, 5) is 53.3. The van der Waals surface area contributed by atoms with Crippen molar-refractivity contribution in [3.8, 4) is 0 Å². The molecule has 0 bridgehead atoms. The van der Waals surface area contributed by atoms with Crippen molar-refractivity contribution in [1.29, 1.82) is 0 Å². The first-order valence-electron chi connectivity index (χ1n) is 13.1. The minimum atomic E-state index is -1.00. The summed E-state index contributed by atoms with van der Waals surface area (Å²) in [5.74, 6) is -3.15. The molecule has 0 aromatic rings. The van der Waals surface area contributed by atoms with Gasteiger partial charge in [-0.25, -0.2) is 0 Å². The molecule has 4 N–H and O–H groups in total. The van der Waals surface area contributed by atoms with Crippen molar-refractivity contribution in [3.05, 3.63) is 0 Å². The van der Waals surface area contributed by atoms with Crippen molar-refractivity contribution in [3.63, 3.8) is 0 Å². The normalized spacial score (nSPS) is 17.1. The van der Waals surface area contributed by atoms with Gasteiger partial charge in [-0.15, -0.1) is 0 Å². The highest BCUT2D eigenvalue weighted by atomic mass is 16.5. The lowest BCUT2D eigenvalue weighted by atomic mass is 10.3. The SMILES string of the molecule is CC.CCCCOCCNC(=O)CN1CCN(CC(=O)O)CCN(CC(=O)O)CCN(CC(=O)O)CC1. The lowest BCUT2D eigenvalue weighted by molar-refractivity contribution is -0.140. The molecule has 0 aromatic heterocycles. The van der Waals surface area contributed by atoms with Crippen LogP contribution in [0.15, 0.2) is 0 Å². The molecule has 1 saturated heterocycles. The molecule has 1 rings (SSSR count). The minimum Gasteiger partial charge on any atom is -0.480 e. The molecule has 1 fully saturated rings. The fourth-order valence-corrected chi connectivity index (χ4v) is 3.65. The largest absolute Gasteiger partial charge is 0.480 e. The number of hydrogen-bond donors (Lipinski definition) is 4. The van der Waals surface area contributed by atoms with Gasteiger partial charge in [0, 0.05) is 65.5 Å². The Morgan fingerprint density at radius 3 is 1.32 bits per heavy atom. The fourth-order valence-electron chi connectivity index (χ4n) is 3.65. The molecule has 1 heterocycles. The first-order valence-corrected chi connectivity index (χ1v) is 13.1. The van der Waals surface area contributed by atoms with E-state index in [0.29, 0.717) is 72.1 Å². The predicted molar refractivity (Wildman–Crippen MR) is 139 cm³/mol. The maximum absolute atomic E-state index is 12.5. The van der Waals surface area contributed by atoms with E-state index < -0.39 is 17.9 Å². The summed E-state index contributed by atoms with van der Waals surface area (Å²) in [6.45, 7) is 9.97. The zero-order valence-electron chi connectivity index (χ0n) is 22.7. The lowest BCUT2D eigenvalue weighted by Crippen LogP contribution is -2.50. The molecule has 37 heavy (non-hydrogen) atoms. The third kappa shape index (κ3) is 19.5. The number of nitrogens with one attached hydrogen (secondary N) is 1. The number of rotatable bonds is 14. The van der Waals surface area contributed by atoms with E-state index in [2.05, 4.69) is 12.2 Å². The van der Waals surface area contributed by atoms with E-state index in [1.54, 1.807) is 14.7 Å². The maximum atomic E-state index is 12.5. The first-order chi connectivity index (χ1) is 17.7. The summed E-state index contributed by atoms with van der Waals surface area (Å²) in [6.07, 6.45) is 2.01. The molecule has 13 nitrogen and oxygen atoms in total. The second-order valence-electron chi connectivity index (χ2n) is 8.60. The highest BCUT2D eigenvalue weighted by Gasteiger charge is 2.21. The highest BCUT2D eigenvalue weighted by Crippen LogP contribution is 2.01. The van der Waals surface area contributed by atoms with Gasteiger partial charge in [0.25, 0.3) is 0 Å². The maximum Gasteiger partial charge on any atom is 0.317 e. The summed E-state index contributed by atoms with van der Waals surface area (Å²) in [6, 6.07) is 0. The van der Waals surface area contributed by atoms with Gasteiger partial charge in [-0.05, 0) is 6.42 Å². The average Bonchev–Trinajstić information content (AvgIpc) is 2.83. The molecule has 0 aliphatic carbocycles. The highest BCUT2D eigenvalue weighted by molar-refractivity contribution is 5.78. The molecular formula is C24H47N5O8. The van der Waals surface area contributed by atoms with Crippen molar-refractivity contribution in [1.82, 2.24) is 24.9 Å². The fraction of sp³-hybridized carbons (Fsp3) is 0.833. The van der Waals surface area contributed by atoms with Crippen LogP contribution in [0.5, 0.6) is 0 Å². The van der Waals surface area contributed by atoms with Crippen LogP contribution in [0.25, 0.3) is 0 Å². The molecular weight excluding hydrogens is 486 g/mol. The number of unbranched alkanes of at least 4 members (excludes halogenated alkanes) is 1. The number of hydrogen-bond acceptors (Lipinski definition) is 9. The van der Waals surface area contributed by atoms with Crippen molar-refractivity contribution in [2.45, 2.75) is 33.6 Å². The molecule has 0 saturated carbocycles. The van der Waals surface area contributed by atoms with E-state index >= 15 is 0 Å². The summed E-state index contributed by atoms with van der Waals surface area (Å²) < 4.78 is 5.45. The number of amides is 1. The second-order valence-corrected chi connectivity index (χ2v) is 8.60. The summed E-state index contributed by atoms with van der Waals surface area (Å²) in [5.41, 5.74) is 0. The van der Waals surface area contributed by atoms with E-state index in [4.69, 9.17) is 4.74 Å². The van der Waals surface area contributed by atoms with Gasteiger partial charge < -0.3 is 25.4 Å². The van der Waals surface area contributed by atoms with Gasteiger partial charge in [-0.1, -0.05) is 27.2 Å². The van der Waals surface area contributed by atoms with Crippen molar-refractivity contribution in [2.24, 2.45) is 0 Å². The number of nitrogens with zero attached hydrogens (tertiary/aromatic N) is 4. The van der Waals surface area contributed by atoms with Crippen molar-refractivity contribution in [2.75, 3.05) is 98.3 Å². The Hall–Kier alpha value is -2.32. The predicted octanol–water partition coefficient (Wildman–Crippen LogP) is -0.579. The van der Waals surface area contributed by atoms with Gasteiger partial charge in [0.2, 0.25) is 5.91 Å². The Balaban J connectivity index is 0.00000631. The Morgan fingerprint density at radius 1 is 0.649 bits per heavy atom. The van der Waals surface area contributed by atoms with E-state index in [9.17, 15) is 34.5 Å². The lowest BCUT2D eigenvalue weighted by Gasteiger charge is -2.32. The Bertz CT molecular complexity index is 635. The summed E-state index contributed by atoms with van der Waals surface area (Å²) in [5, 5.41) is 30.6. The zero-order chi connectivity index (χ0) is 28.1. The van der Waals surface area contributed by atoms with Crippen LogP contribution in [-0.4, -0.2) is 157 Å². The molecule has 0 unspecified atom stereocenters. The van der Waals surface area contributed by atoms with Crippen molar-refractivity contribution >= 4 is 23.8 Å². The second kappa shape index (κ2) is 21.7. The molecule has 0 atom stereocenters. The van der Waals surface area contributed by atoms with Gasteiger partial charge in [-0.3, -0.25) is 38.8 Å². The van der Waals surface area contributed by atoms with E-state index in [1.165, 1.54) is 0 Å². The van der Waals surface area contributed by atoms with Crippen LogP contribution in [0.3, 0.4) is 0 Å². The van der Waals surface area contributed by atoms with Crippen molar-refractivity contribution < 1.29 is 39.2 Å². The summed E-state index contributed by atoms with van der Waals surface area (Å²) in [7, 11) is 0. The van der Waals surface area contributed by atoms with Gasteiger partial charge in [0.05, 0.1) is 32.8 Å². The Labute approximate surface area is 220 Å².